The molecule has 0 saturated carbocycles. The van der Waals surface area contributed by atoms with Gasteiger partial charge in [-0.05, 0) is 18.2 Å². The molecule has 0 bridgehead atoms. The van der Waals surface area contributed by atoms with Crippen molar-refractivity contribution in [1.29, 1.82) is 0 Å². The predicted molar refractivity (Wildman–Crippen MR) is 94.7 cm³/mol. The van der Waals surface area contributed by atoms with Crippen LogP contribution in [0.2, 0.25) is 0 Å². The zero-order valence-corrected chi connectivity index (χ0v) is 14.5. The Labute approximate surface area is 150 Å². The second-order valence-electron chi connectivity index (χ2n) is 5.94. The summed E-state index contributed by atoms with van der Waals surface area (Å²) in [7, 11) is 3.21. The van der Waals surface area contributed by atoms with Crippen molar-refractivity contribution in [3.8, 4) is 17.3 Å². The Balaban J connectivity index is 1.73. The van der Waals surface area contributed by atoms with Crippen molar-refractivity contribution >= 4 is 5.82 Å². The van der Waals surface area contributed by atoms with E-state index < -0.39 is 6.10 Å². The number of aliphatic hydroxyl groups excluding tert-OH is 1. The second-order valence-corrected chi connectivity index (χ2v) is 5.94. The number of anilines is 1. The van der Waals surface area contributed by atoms with E-state index in [1.165, 1.54) is 0 Å². The summed E-state index contributed by atoms with van der Waals surface area (Å²) in [5.41, 5.74) is 1.65. The summed E-state index contributed by atoms with van der Waals surface area (Å²) in [5, 5.41) is 14.9. The zero-order chi connectivity index (χ0) is 18.1. The molecule has 0 spiro atoms. The van der Waals surface area contributed by atoms with Gasteiger partial charge in [0.2, 0.25) is 0 Å². The van der Waals surface area contributed by atoms with Gasteiger partial charge in [-0.15, -0.1) is 0 Å². The summed E-state index contributed by atoms with van der Waals surface area (Å²) in [6.07, 6.45) is 6.10. The molecular formula is C18H19N5O3. The van der Waals surface area contributed by atoms with E-state index in [0.717, 1.165) is 11.1 Å². The fourth-order valence-corrected chi connectivity index (χ4v) is 3.26. The number of hydrogen-bond donors (Lipinski definition) is 1. The minimum Gasteiger partial charge on any atom is -0.496 e. The third-order valence-electron chi connectivity index (χ3n) is 4.46. The minimum atomic E-state index is -0.723. The molecule has 134 valence electrons. The highest BCUT2D eigenvalue weighted by molar-refractivity contribution is 5.55. The van der Waals surface area contributed by atoms with Crippen molar-refractivity contribution in [3.05, 3.63) is 54.1 Å². The number of nitrogens with zero attached hydrogens (tertiary/aromatic N) is 5. The molecule has 8 heteroatoms. The first-order valence-corrected chi connectivity index (χ1v) is 8.20. The highest BCUT2D eigenvalue weighted by atomic mass is 16.5. The van der Waals surface area contributed by atoms with Crippen molar-refractivity contribution in [3.63, 3.8) is 0 Å². The Morgan fingerprint density at radius 3 is 2.62 bits per heavy atom. The molecule has 1 N–H and O–H groups in total. The van der Waals surface area contributed by atoms with E-state index in [0.29, 0.717) is 36.2 Å². The number of methoxy groups -OCH3 is 2. The fraction of sp³-hybridized carbons (Fsp3) is 0.278. The summed E-state index contributed by atoms with van der Waals surface area (Å²) >= 11 is 0. The Bertz CT molecular complexity index is 913. The molecule has 8 nitrogen and oxygen atoms in total. The lowest BCUT2D eigenvalue weighted by molar-refractivity contribution is 0.169. The molecule has 0 saturated heterocycles. The molecule has 3 heterocycles. The van der Waals surface area contributed by atoms with Crippen molar-refractivity contribution in [2.75, 3.05) is 25.7 Å². The van der Waals surface area contributed by atoms with E-state index in [-0.39, 0.29) is 0 Å². The van der Waals surface area contributed by atoms with Crippen LogP contribution in [0.4, 0.5) is 5.82 Å². The van der Waals surface area contributed by atoms with Crippen LogP contribution in [0.25, 0.3) is 5.82 Å². The minimum absolute atomic E-state index is 0.383. The highest BCUT2D eigenvalue weighted by Crippen LogP contribution is 2.40. The molecule has 2 aromatic heterocycles. The van der Waals surface area contributed by atoms with E-state index in [2.05, 4.69) is 15.1 Å². The summed E-state index contributed by atoms with van der Waals surface area (Å²) in [4.78, 5) is 10.9. The first-order valence-electron chi connectivity index (χ1n) is 8.20. The zero-order valence-electron chi connectivity index (χ0n) is 14.5. The molecule has 1 aromatic carbocycles. The van der Waals surface area contributed by atoms with Gasteiger partial charge in [-0.2, -0.15) is 5.10 Å². The molecule has 1 atom stereocenters. The number of benzene rings is 1. The van der Waals surface area contributed by atoms with Crippen LogP contribution in [0.5, 0.6) is 11.5 Å². The van der Waals surface area contributed by atoms with Crippen LogP contribution in [0.1, 0.15) is 17.2 Å². The van der Waals surface area contributed by atoms with E-state index in [4.69, 9.17) is 9.47 Å². The molecule has 26 heavy (non-hydrogen) atoms. The number of β-amino-alcohol motifs (C(OH)–C–C–N with tert-alkyl or cyclic N) is 1. The van der Waals surface area contributed by atoms with Crippen molar-refractivity contribution in [2.24, 2.45) is 0 Å². The number of rotatable bonds is 4. The van der Waals surface area contributed by atoms with Crippen molar-refractivity contribution in [1.82, 2.24) is 19.7 Å². The average molecular weight is 353 g/mol. The largest absolute Gasteiger partial charge is 0.496 e. The van der Waals surface area contributed by atoms with E-state index in [1.54, 1.807) is 37.5 Å². The molecule has 4 rings (SSSR count). The van der Waals surface area contributed by atoms with E-state index in [9.17, 15) is 5.11 Å². The van der Waals surface area contributed by atoms with Crippen LogP contribution >= 0.6 is 0 Å². The molecule has 0 radical (unpaired) electrons. The second kappa shape index (κ2) is 6.64. The molecule has 1 aliphatic heterocycles. The first-order chi connectivity index (χ1) is 12.7. The Hall–Kier alpha value is -3.13. The number of hydrogen-bond acceptors (Lipinski definition) is 7. The van der Waals surface area contributed by atoms with Gasteiger partial charge in [0.25, 0.3) is 0 Å². The van der Waals surface area contributed by atoms with Gasteiger partial charge in [0, 0.05) is 30.1 Å². The van der Waals surface area contributed by atoms with Gasteiger partial charge in [-0.1, -0.05) is 0 Å². The Morgan fingerprint density at radius 2 is 1.88 bits per heavy atom. The highest BCUT2D eigenvalue weighted by Gasteiger charge is 2.30. The number of fused-ring (bicyclic) bond motifs is 1. The molecule has 0 amide bonds. The van der Waals surface area contributed by atoms with Crippen LogP contribution in [0, 0.1) is 0 Å². The summed E-state index contributed by atoms with van der Waals surface area (Å²) in [5.74, 6) is 2.64. The molecular weight excluding hydrogens is 334 g/mol. The van der Waals surface area contributed by atoms with Gasteiger partial charge < -0.3 is 19.5 Å². The maximum atomic E-state index is 10.7. The predicted octanol–water partition coefficient (Wildman–Crippen LogP) is 1.73. The topological polar surface area (TPSA) is 85.5 Å². The molecule has 0 fully saturated rings. The van der Waals surface area contributed by atoms with Crippen LogP contribution in [0.3, 0.4) is 0 Å². The summed E-state index contributed by atoms with van der Waals surface area (Å²) < 4.78 is 12.5. The Morgan fingerprint density at radius 1 is 1.12 bits per heavy atom. The maximum Gasteiger partial charge on any atom is 0.173 e. The quantitative estimate of drug-likeness (QED) is 0.764. The first kappa shape index (κ1) is 16.3. The van der Waals surface area contributed by atoms with Crippen LogP contribution in [0.15, 0.2) is 43.0 Å². The van der Waals surface area contributed by atoms with Crippen LogP contribution < -0.4 is 14.4 Å². The van der Waals surface area contributed by atoms with Gasteiger partial charge in [0.05, 0.1) is 33.2 Å². The van der Waals surface area contributed by atoms with E-state index >= 15 is 0 Å². The third kappa shape index (κ3) is 2.74. The number of aromatic nitrogens is 4. The molecule has 3 aromatic rings. The molecule has 0 aliphatic carbocycles. The monoisotopic (exact) mass is 353 g/mol. The van der Waals surface area contributed by atoms with Crippen molar-refractivity contribution in [2.45, 2.75) is 12.6 Å². The van der Waals surface area contributed by atoms with Gasteiger partial charge in [-0.3, -0.25) is 4.98 Å². The fourth-order valence-electron chi connectivity index (χ4n) is 3.26. The summed E-state index contributed by atoms with van der Waals surface area (Å²) in [6, 6.07) is 5.49. The third-order valence-corrected chi connectivity index (χ3v) is 4.46. The molecule has 0 unspecified atom stereocenters. The normalized spacial score (nSPS) is 16.3. The van der Waals surface area contributed by atoms with E-state index in [1.807, 2.05) is 29.3 Å². The maximum absolute atomic E-state index is 10.7. The van der Waals surface area contributed by atoms with Gasteiger partial charge >= 0.3 is 0 Å². The lowest BCUT2D eigenvalue weighted by atomic mass is 9.95. The standard InChI is InChI=1S/C18H19N5O3/c1-25-14-4-5-15(26-2)18-12(14)10-22(11-13(18)24)16-8-19-9-17(21-16)23-7-3-6-20-23/h3-9,13,24H,10-11H2,1-2H3/t13-/m0/s1. The van der Waals surface area contributed by atoms with Crippen LogP contribution in [-0.2, 0) is 6.54 Å². The van der Waals surface area contributed by atoms with Gasteiger partial charge in [0.1, 0.15) is 23.4 Å². The van der Waals surface area contributed by atoms with Crippen molar-refractivity contribution < 1.29 is 14.6 Å². The summed E-state index contributed by atoms with van der Waals surface area (Å²) in [6.45, 7) is 0.914. The lowest BCUT2D eigenvalue weighted by Crippen LogP contribution is -2.35. The van der Waals surface area contributed by atoms with Gasteiger partial charge in [-0.25, -0.2) is 9.67 Å². The average Bonchev–Trinajstić information content (AvgIpc) is 3.22. The van der Waals surface area contributed by atoms with Gasteiger partial charge in [0.15, 0.2) is 5.82 Å². The SMILES string of the molecule is COc1ccc(OC)c2c1CN(c1cncc(-n3cccn3)n1)C[C@@H]2O. The lowest BCUT2D eigenvalue weighted by Gasteiger charge is -2.34. The number of aliphatic hydroxyl groups is 1. The van der Waals surface area contributed by atoms with Crippen LogP contribution in [-0.4, -0.2) is 45.6 Å². The smallest absolute Gasteiger partial charge is 0.173 e. The molecule has 1 aliphatic rings. The number of ether oxygens (including phenoxy) is 2. The Kier molecular flexibility index (Phi) is 4.18.